The SMILES string of the molecule is O=C(CCNc1ccccc1N1CCOCC1)Nc1ccc(Cl)cc1Cl. The van der Waals surface area contributed by atoms with Crippen molar-refractivity contribution in [2.45, 2.75) is 6.42 Å². The monoisotopic (exact) mass is 393 g/mol. The summed E-state index contributed by atoms with van der Waals surface area (Å²) >= 11 is 11.9. The largest absolute Gasteiger partial charge is 0.383 e. The number of nitrogens with one attached hydrogen (secondary N) is 2. The van der Waals surface area contributed by atoms with Gasteiger partial charge in [-0.2, -0.15) is 0 Å². The lowest BCUT2D eigenvalue weighted by Crippen LogP contribution is -2.36. The first-order valence-corrected chi connectivity index (χ1v) is 9.29. The molecule has 1 amide bonds. The number of nitrogens with zero attached hydrogens (tertiary/aromatic N) is 1. The van der Waals surface area contributed by atoms with Gasteiger partial charge >= 0.3 is 0 Å². The van der Waals surface area contributed by atoms with E-state index < -0.39 is 0 Å². The third-order valence-corrected chi connectivity index (χ3v) is 4.68. The molecule has 1 saturated heterocycles. The molecule has 0 unspecified atom stereocenters. The van der Waals surface area contributed by atoms with Crippen LogP contribution in [0.4, 0.5) is 17.1 Å². The number of para-hydroxylation sites is 2. The number of rotatable bonds is 6. The maximum Gasteiger partial charge on any atom is 0.226 e. The van der Waals surface area contributed by atoms with Crippen molar-refractivity contribution in [3.63, 3.8) is 0 Å². The van der Waals surface area contributed by atoms with Crippen LogP contribution in [0, 0.1) is 0 Å². The molecule has 2 aromatic rings. The summed E-state index contributed by atoms with van der Waals surface area (Å²) in [6.07, 6.45) is 0.330. The summed E-state index contributed by atoms with van der Waals surface area (Å²) < 4.78 is 5.41. The molecule has 1 fully saturated rings. The molecule has 2 aromatic carbocycles. The predicted octanol–water partition coefficient (Wildman–Crippen LogP) is 4.27. The van der Waals surface area contributed by atoms with Crippen LogP contribution >= 0.6 is 23.2 Å². The van der Waals surface area contributed by atoms with Gasteiger partial charge in [-0.3, -0.25) is 4.79 Å². The van der Waals surface area contributed by atoms with Crippen molar-refractivity contribution < 1.29 is 9.53 Å². The Hall–Kier alpha value is -1.95. The number of carbonyl (C=O) groups excluding carboxylic acids is 1. The number of anilines is 3. The second-order valence-electron chi connectivity index (χ2n) is 5.97. The number of morpholine rings is 1. The molecule has 0 bridgehead atoms. The predicted molar refractivity (Wildman–Crippen MR) is 108 cm³/mol. The second kappa shape index (κ2) is 9.12. The Morgan fingerprint density at radius 2 is 1.85 bits per heavy atom. The van der Waals surface area contributed by atoms with Gasteiger partial charge < -0.3 is 20.3 Å². The highest BCUT2D eigenvalue weighted by Gasteiger charge is 2.14. The van der Waals surface area contributed by atoms with E-state index in [1.54, 1.807) is 18.2 Å². The first-order valence-electron chi connectivity index (χ1n) is 8.54. The fourth-order valence-corrected chi connectivity index (χ4v) is 3.27. The molecule has 0 atom stereocenters. The molecule has 26 heavy (non-hydrogen) atoms. The summed E-state index contributed by atoms with van der Waals surface area (Å²) in [6, 6.07) is 13.1. The zero-order valence-corrected chi connectivity index (χ0v) is 15.8. The molecule has 1 aliphatic heterocycles. The molecule has 138 valence electrons. The van der Waals surface area contributed by atoms with E-state index in [1.165, 1.54) is 0 Å². The van der Waals surface area contributed by atoms with Crippen LogP contribution in [-0.2, 0) is 9.53 Å². The van der Waals surface area contributed by atoms with Gasteiger partial charge in [-0.05, 0) is 30.3 Å². The molecular formula is C19H21Cl2N3O2. The molecule has 1 aliphatic rings. The Morgan fingerprint density at radius 3 is 2.62 bits per heavy atom. The van der Waals surface area contributed by atoms with Crippen molar-refractivity contribution in [1.82, 2.24) is 0 Å². The standard InChI is InChI=1S/C19H21Cl2N3O2/c20-14-5-6-16(15(21)13-14)23-19(25)7-8-22-17-3-1-2-4-18(17)24-9-11-26-12-10-24/h1-6,13,22H,7-12H2,(H,23,25). The third-order valence-electron chi connectivity index (χ3n) is 4.13. The average molecular weight is 394 g/mol. The van der Waals surface area contributed by atoms with E-state index in [9.17, 15) is 4.79 Å². The molecule has 0 radical (unpaired) electrons. The van der Waals surface area contributed by atoms with Crippen LogP contribution in [0.2, 0.25) is 10.0 Å². The Labute approximate surface area is 163 Å². The van der Waals surface area contributed by atoms with Gasteiger partial charge in [0.05, 0.1) is 35.3 Å². The van der Waals surface area contributed by atoms with E-state index in [4.69, 9.17) is 27.9 Å². The van der Waals surface area contributed by atoms with Gasteiger partial charge in [-0.15, -0.1) is 0 Å². The summed E-state index contributed by atoms with van der Waals surface area (Å²) in [5.74, 6) is -0.106. The lowest BCUT2D eigenvalue weighted by atomic mass is 10.2. The molecule has 7 heteroatoms. The number of benzene rings is 2. The normalized spacial score (nSPS) is 14.2. The molecule has 0 saturated carbocycles. The average Bonchev–Trinajstić information content (AvgIpc) is 2.65. The maximum absolute atomic E-state index is 12.2. The zero-order valence-electron chi connectivity index (χ0n) is 14.3. The van der Waals surface area contributed by atoms with Gasteiger partial charge in [0.25, 0.3) is 0 Å². The van der Waals surface area contributed by atoms with Crippen molar-refractivity contribution in [3.05, 3.63) is 52.5 Å². The number of carbonyl (C=O) groups is 1. The molecule has 5 nitrogen and oxygen atoms in total. The summed E-state index contributed by atoms with van der Waals surface area (Å²) in [4.78, 5) is 14.4. The van der Waals surface area contributed by atoms with E-state index in [-0.39, 0.29) is 5.91 Å². The van der Waals surface area contributed by atoms with Gasteiger partial charge in [0.15, 0.2) is 0 Å². The minimum atomic E-state index is -0.106. The van der Waals surface area contributed by atoms with Crippen LogP contribution in [0.5, 0.6) is 0 Å². The Kier molecular flexibility index (Phi) is 6.61. The van der Waals surface area contributed by atoms with Gasteiger partial charge in [0.1, 0.15) is 0 Å². The smallest absolute Gasteiger partial charge is 0.226 e. The highest BCUT2D eigenvalue weighted by molar-refractivity contribution is 6.36. The lowest BCUT2D eigenvalue weighted by molar-refractivity contribution is -0.115. The van der Waals surface area contributed by atoms with Gasteiger partial charge in [0.2, 0.25) is 5.91 Å². The number of amides is 1. The second-order valence-corrected chi connectivity index (χ2v) is 6.81. The van der Waals surface area contributed by atoms with Gasteiger partial charge in [-0.25, -0.2) is 0 Å². The first-order chi connectivity index (χ1) is 12.6. The van der Waals surface area contributed by atoms with Crippen LogP contribution in [0.25, 0.3) is 0 Å². The number of ether oxygens (including phenoxy) is 1. The summed E-state index contributed by atoms with van der Waals surface area (Å²) in [7, 11) is 0. The summed E-state index contributed by atoms with van der Waals surface area (Å²) in [6.45, 7) is 3.73. The molecule has 2 N–H and O–H groups in total. The van der Waals surface area contributed by atoms with Gasteiger partial charge in [0, 0.05) is 31.1 Å². The van der Waals surface area contributed by atoms with E-state index in [0.717, 1.165) is 37.7 Å². The van der Waals surface area contributed by atoms with E-state index in [2.05, 4.69) is 21.6 Å². The lowest BCUT2D eigenvalue weighted by Gasteiger charge is -2.30. The fourth-order valence-electron chi connectivity index (χ4n) is 2.82. The Morgan fingerprint density at radius 1 is 1.08 bits per heavy atom. The maximum atomic E-state index is 12.2. The fraction of sp³-hybridized carbons (Fsp3) is 0.316. The van der Waals surface area contributed by atoms with Crippen molar-refractivity contribution in [2.75, 3.05) is 48.4 Å². The van der Waals surface area contributed by atoms with E-state index in [0.29, 0.717) is 28.7 Å². The molecule has 0 aromatic heterocycles. The quantitative estimate of drug-likeness (QED) is 0.769. The number of halogens is 2. The van der Waals surface area contributed by atoms with Crippen molar-refractivity contribution >= 4 is 46.2 Å². The molecule has 1 heterocycles. The topological polar surface area (TPSA) is 53.6 Å². The van der Waals surface area contributed by atoms with Crippen LogP contribution in [-0.4, -0.2) is 38.8 Å². The zero-order chi connectivity index (χ0) is 18.4. The summed E-state index contributed by atoms with van der Waals surface area (Å²) in [5.41, 5.74) is 2.72. The van der Waals surface area contributed by atoms with Crippen molar-refractivity contribution in [2.24, 2.45) is 0 Å². The van der Waals surface area contributed by atoms with Crippen molar-refractivity contribution in [1.29, 1.82) is 0 Å². The Balaban J connectivity index is 1.54. The number of hydrogen-bond acceptors (Lipinski definition) is 4. The third kappa shape index (κ3) is 5.04. The first kappa shape index (κ1) is 18.8. The van der Waals surface area contributed by atoms with Crippen LogP contribution in [0.1, 0.15) is 6.42 Å². The molecule has 0 aliphatic carbocycles. The van der Waals surface area contributed by atoms with Crippen LogP contribution < -0.4 is 15.5 Å². The molecule has 0 spiro atoms. The Bertz CT molecular complexity index is 764. The van der Waals surface area contributed by atoms with E-state index in [1.807, 2.05) is 18.2 Å². The highest BCUT2D eigenvalue weighted by atomic mass is 35.5. The number of hydrogen-bond donors (Lipinski definition) is 2. The van der Waals surface area contributed by atoms with Gasteiger partial charge in [-0.1, -0.05) is 35.3 Å². The van der Waals surface area contributed by atoms with Crippen LogP contribution in [0.15, 0.2) is 42.5 Å². The minimum Gasteiger partial charge on any atom is -0.383 e. The molecule has 3 rings (SSSR count). The van der Waals surface area contributed by atoms with Crippen molar-refractivity contribution in [3.8, 4) is 0 Å². The minimum absolute atomic E-state index is 0.106. The highest BCUT2D eigenvalue weighted by Crippen LogP contribution is 2.27. The van der Waals surface area contributed by atoms with Crippen LogP contribution in [0.3, 0.4) is 0 Å². The molecular weight excluding hydrogens is 373 g/mol. The summed E-state index contributed by atoms with van der Waals surface area (Å²) in [5, 5.41) is 7.12. The van der Waals surface area contributed by atoms with E-state index >= 15 is 0 Å².